The van der Waals surface area contributed by atoms with Crippen LogP contribution in [0.4, 0.5) is 35.1 Å². The molecule has 9 atom stereocenters. The van der Waals surface area contributed by atoms with E-state index in [4.69, 9.17) is 23.5 Å². The molecule has 2 heterocycles. The second-order valence-electron chi connectivity index (χ2n) is 16.5. The van der Waals surface area contributed by atoms with E-state index in [1.54, 1.807) is 20.8 Å². The number of likely N-dealkylation sites (tertiary alicyclic amines) is 1. The molecule has 8 fully saturated rings. The van der Waals surface area contributed by atoms with Crippen molar-refractivity contribution in [3.8, 4) is 0 Å². The van der Waals surface area contributed by atoms with Gasteiger partial charge in [-0.3, -0.25) is 18.9 Å². The molecule has 2 saturated heterocycles. The summed E-state index contributed by atoms with van der Waals surface area (Å²) >= 11 is 0. The second kappa shape index (κ2) is 10.7. The molecule has 2 aliphatic heterocycles. The molecule has 51 heavy (non-hydrogen) atoms. The summed E-state index contributed by atoms with van der Waals surface area (Å²) in [6.07, 6.45) is -15.2. The van der Waals surface area contributed by atoms with Crippen molar-refractivity contribution in [2.24, 2.45) is 46.8 Å². The molecular weight excluding hydrogens is 730 g/mol. The zero-order chi connectivity index (χ0) is 37.9. The van der Waals surface area contributed by atoms with Crippen molar-refractivity contribution < 1.29 is 81.4 Å². The maximum absolute atomic E-state index is 14.3. The molecule has 6 saturated carbocycles. The molecule has 6 bridgehead atoms. The molecule has 0 aromatic heterocycles. The van der Waals surface area contributed by atoms with E-state index in [0.717, 1.165) is 0 Å². The summed E-state index contributed by atoms with van der Waals surface area (Å²) in [7, 11) is -5.99. The fourth-order valence-corrected chi connectivity index (χ4v) is 11.4. The van der Waals surface area contributed by atoms with Gasteiger partial charge in [0.15, 0.2) is 11.9 Å². The normalized spacial score (nSPS) is 41.9. The predicted molar refractivity (Wildman–Crippen MR) is 151 cm³/mol. The van der Waals surface area contributed by atoms with Crippen molar-refractivity contribution in [1.82, 2.24) is 4.90 Å². The Kier molecular flexibility index (Phi) is 7.74. The Morgan fingerprint density at radius 2 is 1.51 bits per heavy atom. The first-order chi connectivity index (χ1) is 23.1. The van der Waals surface area contributed by atoms with E-state index in [1.165, 1.54) is 4.90 Å². The number of amides is 1. The lowest BCUT2D eigenvalue weighted by molar-refractivity contribution is -0.403. The number of rotatable bonds is 6. The molecule has 0 radical (unpaired) electrons. The molecule has 1 N–H and O–H groups in total. The van der Waals surface area contributed by atoms with E-state index in [1.807, 2.05) is 0 Å². The van der Waals surface area contributed by atoms with E-state index < -0.39 is 128 Å². The third-order valence-electron chi connectivity index (χ3n) is 12.7. The summed E-state index contributed by atoms with van der Waals surface area (Å²) in [4.78, 5) is 43.1. The third kappa shape index (κ3) is 4.89. The van der Waals surface area contributed by atoms with Crippen molar-refractivity contribution in [3.05, 3.63) is 0 Å². The van der Waals surface area contributed by atoms with E-state index >= 15 is 0 Å². The highest BCUT2D eigenvalue weighted by Gasteiger charge is 2.82. The number of ether oxygens (including phenoxy) is 4. The van der Waals surface area contributed by atoms with Crippen LogP contribution in [0.1, 0.15) is 66.2 Å². The molecule has 9 unspecified atom stereocenters. The average molecular weight is 768 g/mol. The van der Waals surface area contributed by atoms with Gasteiger partial charge in [-0.05, 0) is 78.1 Å². The summed E-state index contributed by atoms with van der Waals surface area (Å²) in [6.45, 7) is 3.87. The van der Waals surface area contributed by atoms with Crippen molar-refractivity contribution in [3.63, 3.8) is 0 Å². The molecule has 8 rings (SSSR count). The number of hydrogen-bond acceptors (Lipinski definition) is 9. The van der Waals surface area contributed by atoms with Gasteiger partial charge in [0.05, 0.1) is 29.9 Å². The molecule has 0 aromatic carbocycles. The van der Waals surface area contributed by atoms with Crippen LogP contribution in [0.25, 0.3) is 0 Å². The van der Waals surface area contributed by atoms with Gasteiger partial charge in [0.2, 0.25) is 5.91 Å². The standard InChI is InChI=1S/C31H37F8NO10S/c1-12(29(32,33)51(44,45)46)48-23(42)19-17-7-16-18(19)22(41)40(25(2,3)4)20(16)21(17)49-24(43)26-8-13-5-14(9-26)28(15(6-13)10-26)47-11-27(50-28,30(34,35)36)31(37,38)39/h12-21H,5-11H2,1-4H3,(H,44,45,46). The van der Waals surface area contributed by atoms with Crippen LogP contribution in [0.5, 0.6) is 0 Å². The zero-order valence-electron chi connectivity index (χ0n) is 27.7. The molecule has 8 aliphatic rings. The van der Waals surface area contributed by atoms with Gasteiger partial charge in [0.1, 0.15) is 6.10 Å². The Morgan fingerprint density at radius 1 is 0.941 bits per heavy atom. The number of carbonyl (C=O) groups is 3. The van der Waals surface area contributed by atoms with Gasteiger partial charge in [-0.2, -0.15) is 43.5 Å². The van der Waals surface area contributed by atoms with Gasteiger partial charge < -0.3 is 23.8 Å². The van der Waals surface area contributed by atoms with Crippen LogP contribution in [0.2, 0.25) is 0 Å². The first kappa shape index (κ1) is 37.0. The quantitative estimate of drug-likeness (QED) is 0.231. The van der Waals surface area contributed by atoms with Crippen LogP contribution < -0.4 is 0 Å². The number of carbonyl (C=O) groups excluding carboxylic acids is 3. The van der Waals surface area contributed by atoms with E-state index in [0.29, 0.717) is 6.92 Å². The molecule has 20 heteroatoms. The van der Waals surface area contributed by atoms with Gasteiger partial charge in [-0.1, -0.05) is 0 Å². The van der Waals surface area contributed by atoms with Crippen LogP contribution in [0.15, 0.2) is 0 Å². The number of hydrogen-bond donors (Lipinski definition) is 1. The first-order valence-electron chi connectivity index (χ1n) is 16.7. The van der Waals surface area contributed by atoms with Gasteiger partial charge in [-0.15, -0.1) is 0 Å². The maximum Gasteiger partial charge on any atom is 0.428 e. The van der Waals surface area contributed by atoms with Gasteiger partial charge >= 0.3 is 39.7 Å². The number of halogens is 8. The summed E-state index contributed by atoms with van der Waals surface area (Å²) in [5.74, 6) is -11.2. The largest absolute Gasteiger partial charge is 0.459 e. The number of nitrogens with zero attached hydrogens (tertiary/aromatic N) is 1. The minimum Gasteiger partial charge on any atom is -0.459 e. The first-order valence-corrected chi connectivity index (χ1v) is 18.1. The van der Waals surface area contributed by atoms with Crippen molar-refractivity contribution in [1.29, 1.82) is 0 Å². The fraction of sp³-hybridized carbons (Fsp3) is 0.903. The summed E-state index contributed by atoms with van der Waals surface area (Å²) < 4.78 is 165. The number of fused-ring (bicyclic) bond motifs is 1. The Hall–Kier alpha value is -2.32. The summed E-state index contributed by atoms with van der Waals surface area (Å²) in [6, 6.07) is -0.752. The Bertz CT molecular complexity index is 1610. The van der Waals surface area contributed by atoms with Gasteiger partial charge in [-0.25, -0.2) is 0 Å². The fourth-order valence-electron chi connectivity index (χ4n) is 10.9. The predicted octanol–water partition coefficient (Wildman–Crippen LogP) is 4.63. The second-order valence-corrected chi connectivity index (χ2v) is 18.0. The lowest BCUT2D eigenvalue weighted by Gasteiger charge is -2.62. The molecule has 6 aliphatic carbocycles. The van der Waals surface area contributed by atoms with Crippen LogP contribution >= 0.6 is 0 Å². The Morgan fingerprint density at radius 3 is 2.00 bits per heavy atom. The molecule has 11 nitrogen and oxygen atoms in total. The van der Waals surface area contributed by atoms with Gasteiger partial charge in [0.25, 0.3) is 5.60 Å². The lowest BCUT2D eigenvalue weighted by Crippen LogP contribution is -2.66. The minimum absolute atomic E-state index is 0.136. The molecular formula is C31H37F8NO10S. The minimum atomic E-state index is -5.99. The van der Waals surface area contributed by atoms with E-state index in [-0.39, 0.29) is 44.4 Å². The van der Waals surface area contributed by atoms with Crippen molar-refractivity contribution >= 4 is 28.0 Å². The van der Waals surface area contributed by atoms with Crippen LogP contribution in [-0.2, 0) is 43.4 Å². The van der Waals surface area contributed by atoms with Crippen LogP contribution in [0.3, 0.4) is 0 Å². The average Bonchev–Trinajstić information content (AvgIpc) is 3.69. The van der Waals surface area contributed by atoms with Crippen LogP contribution in [-0.4, -0.2) is 95.1 Å². The molecule has 1 amide bonds. The Balaban J connectivity index is 1.16. The zero-order valence-corrected chi connectivity index (χ0v) is 28.5. The van der Waals surface area contributed by atoms with Crippen LogP contribution in [0, 0.1) is 46.8 Å². The smallest absolute Gasteiger partial charge is 0.428 e. The van der Waals surface area contributed by atoms with E-state index in [2.05, 4.69) is 0 Å². The van der Waals surface area contributed by atoms with Crippen molar-refractivity contribution in [2.75, 3.05) is 6.61 Å². The summed E-state index contributed by atoms with van der Waals surface area (Å²) in [5.41, 5.74) is -6.78. The van der Waals surface area contributed by atoms with Gasteiger partial charge in [0, 0.05) is 23.3 Å². The molecule has 0 aromatic rings. The molecule has 1 spiro atoms. The molecule has 288 valence electrons. The summed E-state index contributed by atoms with van der Waals surface area (Å²) in [5, 5.41) is -4.88. The lowest BCUT2D eigenvalue weighted by atomic mass is 9.47. The number of esters is 2. The highest BCUT2D eigenvalue weighted by molar-refractivity contribution is 7.86. The maximum atomic E-state index is 14.3. The van der Waals surface area contributed by atoms with Crippen molar-refractivity contribution in [2.45, 2.75) is 119 Å². The topological polar surface area (TPSA) is 146 Å². The monoisotopic (exact) mass is 767 g/mol. The number of alkyl halides is 8. The Labute approximate surface area is 286 Å². The highest BCUT2D eigenvalue weighted by atomic mass is 32.2. The third-order valence-corrected chi connectivity index (χ3v) is 13.8. The highest BCUT2D eigenvalue weighted by Crippen LogP contribution is 2.70. The van der Waals surface area contributed by atoms with E-state index in [9.17, 15) is 57.9 Å². The SMILES string of the molecule is CC(OC(=O)C1C2CC3C1C(=O)N(C(C)(C)C)C3C2OC(=O)C12CC3CC(C1)C1(OCC(C(F)(F)F)(C(F)(F)F)O1)C(C3)C2)C(F)(F)S(=O)(=O)O.